The van der Waals surface area contributed by atoms with Crippen LogP contribution in [0.1, 0.15) is 27.4 Å². The molecule has 1 saturated heterocycles. The predicted molar refractivity (Wildman–Crippen MR) is 112 cm³/mol. The van der Waals surface area contributed by atoms with Gasteiger partial charge < -0.3 is 14.8 Å². The van der Waals surface area contributed by atoms with Gasteiger partial charge in [0.05, 0.1) is 6.04 Å². The lowest BCUT2D eigenvalue weighted by Crippen LogP contribution is -2.59. The summed E-state index contributed by atoms with van der Waals surface area (Å²) in [6, 6.07) is 17.8. The number of carbonyl (C=O) groups is 2. The number of carbonyl (C=O) groups excluding carboxylic acids is 2. The summed E-state index contributed by atoms with van der Waals surface area (Å²) in [5, 5.41) is 0. The number of aryl methyl sites for hydroxylation is 2. The van der Waals surface area contributed by atoms with E-state index in [-0.39, 0.29) is 30.2 Å². The molecule has 1 aliphatic heterocycles. The number of imidazole rings is 1. The number of benzene rings is 2. The molecule has 2 heterocycles. The van der Waals surface area contributed by atoms with Crippen LogP contribution in [0.25, 0.3) is 0 Å². The molecule has 1 N–H and O–H groups in total. The van der Waals surface area contributed by atoms with E-state index >= 15 is 0 Å². The first-order valence-corrected chi connectivity index (χ1v) is 9.75. The number of H-pyrrole nitrogens is 1. The third-order valence-electron chi connectivity index (χ3n) is 5.27. The lowest BCUT2D eigenvalue weighted by molar-refractivity contribution is -0.121. The Balaban J connectivity index is 1.64. The Morgan fingerprint density at radius 3 is 2.48 bits per heavy atom. The van der Waals surface area contributed by atoms with Crippen LogP contribution in [-0.2, 0) is 11.2 Å². The molecule has 0 unspecified atom stereocenters. The van der Waals surface area contributed by atoms with Crippen LogP contribution >= 0.6 is 0 Å². The maximum atomic E-state index is 13.1. The van der Waals surface area contributed by atoms with E-state index in [1.165, 1.54) is 0 Å². The fourth-order valence-electron chi connectivity index (χ4n) is 3.70. The standard InChI is InChI=1S/C23H24N4O2/c1-16-8-10-19(11-9-16)26-14-20(12-18-6-4-3-5-7-18)27(15-21(26)28)23(29)22-24-13-17(2)25-22/h3-11,13,20H,12,14-15H2,1-2H3,(H,24,25)/t20-/m1/s1. The van der Waals surface area contributed by atoms with E-state index in [2.05, 4.69) is 9.97 Å². The fourth-order valence-corrected chi connectivity index (χ4v) is 3.70. The summed E-state index contributed by atoms with van der Waals surface area (Å²) < 4.78 is 0. The number of nitrogens with one attached hydrogen (secondary N) is 1. The van der Waals surface area contributed by atoms with Crippen molar-refractivity contribution in [3.63, 3.8) is 0 Å². The van der Waals surface area contributed by atoms with E-state index in [1.54, 1.807) is 16.0 Å². The van der Waals surface area contributed by atoms with Gasteiger partial charge in [-0.2, -0.15) is 0 Å². The topological polar surface area (TPSA) is 69.3 Å². The molecule has 29 heavy (non-hydrogen) atoms. The van der Waals surface area contributed by atoms with E-state index in [4.69, 9.17) is 0 Å². The number of amides is 2. The van der Waals surface area contributed by atoms with Crippen molar-refractivity contribution < 1.29 is 9.59 Å². The Hall–Kier alpha value is -3.41. The zero-order valence-corrected chi connectivity index (χ0v) is 16.6. The summed E-state index contributed by atoms with van der Waals surface area (Å²) in [4.78, 5) is 36.6. The highest BCUT2D eigenvalue weighted by Crippen LogP contribution is 2.24. The highest BCUT2D eigenvalue weighted by atomic mass is 16.2. The van der Waals surface area contributed by atoms with Crippen LogP contribution in [0.3, 0.4) is 0 Å². The molecule has 0 bridgehead atoms. The summed E-state index contributed by atoms with van der Waals surface area (Å²) in [6.45, 7) is 4.35. The van der Waals surface area contributed by atoms with Gasteiger partial charge in [-0.05, 0) is 38.0 Å². The van der Waals surface area contributed by atoms with Crippen LogP contribution in [0.15, 0.2) is 60.8 Å². The Bertz CT molecular complexity index is 1010. The number of aromatic nitrogens is 2. The van der Waals surface area contributed by atoms with Gasteiger partial charge in [-0.25, -0.2) is 4.98 Å². The number of anilines is 1. The minimum atomic E-state index is -0.240. The average Bonchev–Trinajstić information content (AvgIpc) is 3.16. The van der Waals surface area contributed by atoms with Crippen LogP contribution < -0.4 is 4.90 Å². The molecule has 0 aliphatic carbocycles. The smallest absolute Gasteiger partial charge is 0.290 e. The first-order valence-electron chi connectivity index (χ1n) is 9.75. The molecular formula is C23H24N4O2. The number of piperazine rings is 1. The Morgan fingerprint density at radius 1 is 1.10 bits per heavy atom. The fraction of sp³-hybridized carbons (Fsp3) is 0.261. The lowest BCUT2D eigenvalue weighted by atomic mass is 10.0. The lowest BCUT2D eigenvalue weighted by Gasteiger charge is -2.40. The van der Waals surface area contributed by atoms with Gasteiger partial charge in [0, 0.05) is 24.1 Å². The molecular weight excluding hydrogens is 364 g/mol. The Labute approximate surface area is 170 Å². The number of aromatic amines is 1. The SMILES string of the molecule is Cc1ccc(N2C[C@@H](Cc3ccccc3)N(C(=O)c3ncc(C)[nH]3)CC2=O)cc1. The molecule has 1 atom stereocenters. The number of hydrogen-bond acceptors (Lipinski definition) is 3. The Morgan fingerprint density at radius 2 is 1.83 bits per heavy atom. The summed E-state index contributed by atoms with van der Waals surface area (Å²) in [7, 11) is 0. The van der Waals surface area contributed by atoms with Gasteiger partial charge in [-0.15, -0.1) is 0 Å². The van der Waals surface area contributed by atoms with Gasteiger partial charge >= 0.3 is 0 Å². The molecule has 1 fully saturated rings. The third kappa shape index (κ3) is 4.06. The van der Waals surface area contributed by atoms with Crippen LogP contribution in [0.4, 0.5) is 5.69 Å². The molecule has 2 amide bonds. The average molecular weight is 388 g/mol. The van der Waals surface area contributed by atoms with E-state index in [9.17, 15) is 9.59 Å². The minimum absolute atomic E-state index is 0.0317. The zero-order chi connectivity index (χ0) is 20.4. The second-order valence-corrected chi connectivity index (χ2v) is 7.53. The van der Waals surface area contributed by atoms with Gasteiger partial charge in [0.2, 0.25) is 5.91 Å². The van der Waals surface area contributed by atoms with E-state index < -0.39 is 0 Å². The van der Waals surface area contributed by atoms with Crippen LogP contribution in [0, 0.1) is 13.8 Å². The van der Waals surface area contributed by atoms with Crippen molar-refractivity contribution in [1.29, 1.82) is 0 Å². The Kier molecular flexibility index (Phi) is 5.16. The van der Waals surface area contributed by atoms with Crippen molar-refractivity contribution in [1.82, 2.24) is 14.9 Å². The highest BCUT2D eigenvalue weighted by Gasteiger charge is 2.37. The molecule has 1 aromatic heterocycles. The molecule has 0 saturated carbocycles. The van der Waals surface area contributed by atoms with Gasteiger partial charge in [0.25, 0.3) is 5.91 Å². The van der Waals surface area contributed by atoms with Crippen LogP contribution in [0.2, 0.25) is 0 Å². The van der Waals surface area contributed by atoms with E-state index in [1.807, 2.05) is 68.4 Å². The van der Waals surface area contributed by atoms with Gasteiger partial charge in [0.1, 0.15) is 6.54 Å². The van der Waals surface area contributed by atoms with Crippen molar-refractivity contribution in [3.05, 3.63) is 83.4 Å². The van der Waals surface area contributed by atoms with Crippen LogP contribution in [-0.4, -0.2) is 45.8 Å². The van der Waals surface area contributed by atoms with Crippen molar-refractivity contribution in [3.8, 4) is 0 Å². The number of nitrogens with zero attached hydrogens (tertiary/aromatic N) is 3. The van der Waals surface area contributed by atoms with Gasteiger partial charge in [-0.3, -0.25) is 9.59 Å². The van der Waals surface area contributed by atoms with Crippen molar-refractivity contribution in [2.24, 2.45) is 0 Å². The first kappa shape index (κ1) is 18.9. The highest BCUT2D eigenvalue weighted by molar-refractivity contribution is 6.00. The summed E-state index contributed by atoms with van der Waals surface area (Å²) in [5.41, 5.74) is 3.95. The minimum Gasteiger partial charge on any atom is -0.338 e. The number of rotatable bonds is 4. The quantitative estimate of drug-likeness (QED) is 0.747. The zero-order valence-electron chi connectivity index (χ0n) is 16.6. The molecule has 0 radical (unpaired) electrons. The normalized spacial score (nSPS) is 16.9. The van der Waals surface area contributed by atoms with Gasteiger partial charge in [-0.1, -0.05) is 48.0 Å². The maximum Gasteiger partial charge on any atom is 0.290 e. The molecule has 2 aromatic carbocycles. The molecule has 0 spiro atoms. The molecule has 3 aromatic rings. The molecule has 148 valence electrons. The summed E-state index contributed by atoms with van der Waals surface area (Å²) in [6.07, 6.45) is 2.30. The predicted octanol–water partition coefficient (Wildman–Crippen LogP) is 3.13. The second kappa shape index (κ2) is 7.91. The summed E-state index contributed by atoms with van der Waals surface area (Å²) >= 11 is 0. The largest absolute Gasteiger partial charge is 0.338 e. The first-order chi connectivity index (χ1) is 14.0. The molecule has 6 heteroatoms. The van der Waals surface area contributed by atoms with Gasteiger partial charge in [0.15, 0.2) is 5.82 Å². The second-order valence-electron chi connectivity index (χ2n) is 7.53. The molecule has 1 aliphatic rings. The molecule has 4 rings (SSSR count). The van der Waals surface area contributed by atoms with Crippen molar-refractivity contribution >= 4 is 17.5 Å². The van der Waals surface area contributed by atoms with Crippen molar-refractivity contribution in [2.45, 2.75) is 26.3 Å². The third-order valence-corrected chi connectivity index (χ3v) is 5.27. The van der Waals surface area contributed by atoms with Crippen molar-refractivity contribution in [2.75, 3.05) is 18.0 Å². The molecule has 6 nitrogen and oxygen atoms in total. The maximum absolute atomic E-state index is 13.1. The number of hydrogen-bond donors (Lipinski definition) is 1. The van der Waals surface area contributed by atoms with Crippen LogP contribution in [0.5, 0.6) is 0 Å². The van der Waals surface area contributed by atoms with E-state index in [0.717, 1.165) is 22.5 Å². The summed E-state index contributed by atoms with van der Waals surface area (Å²) in [5.74, 6) is -0.0529. The monoisotopic (exact) mass is 388 g/mol. The van der Waals surface area contributed by atoms with E-state index in [0.29, 0.717) is 13.0 Å².